The second-order valence-electron chi connectivity index (χ2n) is 18.5. The van der Waals surface area contributed by atoms with Crippen molar-refractivity contribution in [3.63, 3.8) is 0 Å². The van der Waals surface area contributed by atoms with Gasteiger partial charge in [0.1, 0.15) is 0 Å². The lowest BCUT2D eigenvalue weighted by Gasteiger charge is -2.29. The molecule has 0 atom stereocenters. The summed E-state index contributed by atoms with van der Waals surface area (Å²) in [6.45, 7) is 0. The van der Waals surface area contributed by atoms with Gasteiger partial charge in [-0.05, 0) is 132 Å². The van der Waals surface area contributed by atoms with Crippen molar-refractivity contribution in [2.24, 2.45) is 0 Å². The number of hydrogen-bond donors (Lipinski definition) is 0. The van der Waals surface area contributed by atoms with Gasteiger partial charge in [0.2, 0.25) is 0 Å². The molecule has 0 aliphatic carbocycles. The number of benzene rings is 13. The molecule has 0 heterocycles. The first-order valence-corrected chi connectivity index (χ1v) is 24.7. The summed E-state index contributed by atoms with van der Waals surface area (Å²) < 4.78 is 0. The highest BCUT2D eigenvalue weighted by Gasteiger charge is 2.21. The summed E-state index contributed by atoms with van der Waals surface area (Å²) >= 11 is 0. The molecule has 0 saturated heterocycles. The fourth-order valence-electron chi connectivity index (χ4n) is 10.6. The Morgan fingerprint density at radius 1 is 0.181 bits per heavy atom. The first-order valence-electron chi connectivity index (χ1n) is 24.7. The smallest absolute Gasteiger partial charge is 0.0546 e. The lowest BCUT2D eigenvalue weighted by Crippen LogP contribution is -2.11. The number of rotatable bonds is 10. The number of nitrogens with zero attached hydrogens (tertiary/aromatic N) is 2. The molecular formula is C70H48N2. The van der Waals surface area contributed by atoms with E-state index < -0.39 is 0 Å². The topological polar surface area (TPSA) is 6.48 Å². The van der Waals surface area contributed by atoms with Crippen molar-refractivity contribution in [2.45, 2.75) is 0 Å². The van der Waals surface area contributed by atoms with Crippen molar-refractivity contribution in [1.82, 2.24) is 0 Å². The Kier molecular flexibility index (Phi) is 10.9. The summed E-state index contributed by atoms with van der Waals surface area (Å²) in [5.41, 5.74) is 16.2. The molecule has 0 unspecified atom stereocenters. The van der Waals surface area contributed by atoms with Crippen LogP contribution in [0.4, 0.5) is 34.1 Å². The standard InChI is InChI=1S/C70H48N2/c1-2-15-49(16-3-1)50-35-41-60(42-36-50)71(68-29-13-22-55-18-5-9-25-65(55)68)61-43-37-51(38-44-61)52-39-45-62(46-40-52)72(69-30-14-23-56-19-6-10-26-66(56)69)70-48-59(47-58-20-7-11-27-67(58)70)53-31-33-57(34-32-53)64-28-12-21-54-17-4-8-24-63(54)64/h1-48H. The van der Waals surface area contributed by atoms with Gasteiger partial charge in [0, 0.05) is 33.2 Å². The van der Waals surface area contributed by atoms with Crippen molar-refractivity contribution in [3.05, 3.63) is 291 Å². The largest absolute Gasteiger partial charge is 0.310 e. The Morgan fingerprint density at radius 3 is 1.07 bits per heavy atom. The molecule has 13 rings (SSSR count). The molecule has 0 spiro atoms. The van der Waals surface area contributed by atoms with E-state index in [1.54, 1.807) is 0 Å². The third kappa shape index (κ3) is 7.92. The lowest BCUT2D eigenvalue weighted by atomic mass is 9.94. The average Bonchev–Trinajstić information content (AvgIpc) is 3.46. The molecule has 0 aliphatic heterocycles. The maximum absolute atomic E-state index is 2.46. The third-order valence-corrected chi connectivity index (χ3v) is 14.2. The van der Waals surface area contributed by atoms with Crippen LogP contribution in [-0.2, 0) is 0 Å². The molecule has 13 aromatic rings. The second kappa shape index (κ2) is 18.4. The van der Waals surface area contributed by atoms with E-state index in [1.165, 1.54) is 76.5 Å². The zero-order valence-electron chi connectivity index (χ0n) is 39.6. The number of hydrogen-bond acceptors (Lipinski definition) is 2. The Balaban J connectivity index is 0.885. The molecule has 0 amide bonds. The van der Waals surface area contributed by atoms with Crippen molar-refractivity contribution < 1.29 is 0 Å². The highest BCUT2D eigenvalue weighted by molar-refractivity contribution is 6.07. The normalized spacial score (nSPS) is 11.3. The van der Waals surface area contributed by atoms with E-state index in [-0.39, 0.29) is 0 Å². The van der Waals surface area contributed by atoms with E-state index in [9.17, 15) is 0 Å². The third-order valence-electron chi connectivity index (χ3n) is 14.2. The van der Waals surface area contributed by atoms with Crippen LogP contribution in [0.3, 0.4) is 0 Å². The van der Waals surface area contributed by atoms with Crippen LogP contribution in [0.15, 0.2) is 291 Å². The maximum atomic E-state index is 2.46. The molecule has 2 heteroatoms. The van der Waals surface area contributed by atoms with Gasteiger partial charge in [-0.1, -0.05) is 231 Å². The van der Waals surface area contributed by atoms with Gasteiger partial charge in [0.05, 0.1) is 17.1 Å². The molecule has 2 nitrogen and oxygen atoms in total. The van der Waals surface area contributed by atoms with Crippen LogP contribution in [0.1, 0.15) is 0 Å². The molecule has 13 aromatic carbocycles. The van der Waals surface area contributed by atoms with Gasteiger partial charge in [0.25, 0.3) is 0 Å². The average molecular weight is 917 g/mol. The first-order chi connectivity index (χ1) is 35.7. The number of fused-ring (bicyclic) bond motifs is 4. The quantitative estimate of drug-likeness (QED) is 0.135. The summed E-state index contributed by atoms with van der Waals surface area (Å²) in [5, 5.41) is 9.70. The minimum atomic E-state index is 1.08. The van der Waals surface area contributed by atoms with Gasteiger partial charge in [-0.25, -0.2) is 0 Å². The van der Waals surface area contributed by atoms with Crippen LogP contribution >= 0.6 is 0 Å². The van der Waals surface area contributed by atoms with Crippen LogP contribution in [0.5, 0.6) is 0 Å². The maximum Gasteiger partial charge on any atom is 0.0546 e. The van der Waals surface area contributed by atoms with Crippen molar-refractivity contribution in [3.8, 4) is 44.5 Å². The minimum absolute atomic E-state index is 1.08. The predicted octanol–water partition coefficient (Wildman–Crippen LogP) is 19.9. The first kappa shape index (κ1) is 42.6. The van der Waals surface area contributed by atoms with E-state index in [1.807, 2.05) is 0 Å². The van der Waals surface area contributed by atoms with E-state index in [4.69, 9.17) is 0 Å². The fourth-order valence-corrected chi connectivity index (χ4v) is 10.6. The monoisotopic (exact) mass is 916 g/mol. The van der Waals surface area contributed by atoms with Crippen molar-refractivity contribution in [2.75, 3.05) is 9.80 Å². The summed E-state index contributed by atoms with van der Waals surface area (Å²) in [6, 6.07) is 106. The molecule has 0 N–H and O–H groups in total. The van der Waals surface area contributed by atoms with Gasteiger partial charge >= 0.3 is 0 Å². The van der Waals surface area contributed by atoms with E-state index in [0.29, 0.717) is 0 Å². The Bertz CT molecular complexity index is 4050. The summed E-state index contributed by atoms with van der Waals surface area (Å²) in [4.78, 5) is 4.83. The fraction of sp³-hybridized carbons (Fsp3) is 0. The van der Waals surface area contributed by atoms with Crippen molar-refractivity contribution >= 4 is 77.2 Å². The van der Waals surface area contributed by atoms with Crippen LogP contribution < -0.4 is 9.80 Å². The molecule has 0 bridgehead atoms. The minimum Gasteiger partial charge on any atom is -0.310 e. The number of anilines is 6. The molecular weight excluding hydrogens is 869 g/mol. The molecule has 0 aromatic heterocycles. The SMILES string of the molecule is c1ccc(-c2ccc(N(c3ccc(-c4ccc(N(c5cccc6ccccc56)c5cc(-c6ccc(-c7cccc8ccccc78)cc6)cc6ccccc56)cc4)cc3)c3cccc4ccccc34)cc2)cc1. The van der Waals surface area contributed by atoms with Crippen LogP contribution in [-0.4, -0.2) is 0 Å². The van der Waals surface area contributed by atoms with Gasteiger partial charge in [-0.15, -0.1) is 0 Å². The van der Waals surface area contributed by atoms with Gasteiger partial charge in [-0.2, -0.15) is 0 Å². The van der Waals surface area contributed by atoms with Crippen LogP contribution in [0.25, 0.3) is 87.6 Å². The molecule has 0 radical (unpaired) electrons. The van der Waals surface area contributed by atoms with E-state index >= 15 is 0 Å². The Morgan fingerprint density at radius 2 is 0.528 bits per heavy atom. The van der Waals surface area contributed by atoms with Crippen LogP contribution in [0.2, 0.25) is 0 Å². The predicted molar refractivity (Wildman–Crippen MR) is 308 cm³/mol. The zero-order valence-corrected chi connectivity index (χ0v) is 39.6. The van der Waals surface area contributed by atoms with Gasteiger partial charge in [-0.3, -0.25) is 0 Å². The second-order valence-corrected chi connectivity index (χ2v) is 18.5. The van der Waals surface area contributed by atoms with E-state index in [0.717, 1.165) is 45.3 Å². The van der Waals surface area contributed by atoms with Gasteiger partial charge < -0.3 is 9.80 Å². The van der Waals surface area contributed by atoms with Crippen molar-refractivity contribution in [1.29, 1.82) is 0 Å². The zero-order chi connectivity index (χ0) is 47.8. The Labute approximate surface area is 420 Å². The molecule has 0 aliphatic rings. The molecule has 0 fully saturated rings. The highest BCUT2D eigenvalue weighted by Crippen LogP contribution is 2.46. The van der Waals surface area contributed by atoms with Gasteiger partial charge in [0.15, 0.2) is 0 Å². The van der Waals surface area contributed by atoms with E-state index in [2.05, 4.69) is 301 Å². The molecule has 72 heavy (non-hydrogen) atoms. The van der Waals surface area contributed by atoms with Crippen LogP contribution in [0, 0.1) is 0 Å². The Hall–Kier alpha value is -9.50. The highest BCUT2D eigenvalue weighted by atomic mass is 15.1. The lowest BCUT2D eigenvalue weighted by molar-refractivity contribution is 1.30. The summed E-state index contributed by atoms with van der Waals surface area (Å²) in [7, 11) is 0. The summed E-state index contributed by atoms with van der Waals surface area (Å²) in [5.74, 6) is 0. The molecule has 338 valence electrons. The molecule has 0 saturated carbocycles. The summed E-state index contributed by atoms with van der Waals surface area (Å²) in [6.07, 6.45) is 0.